The molecule has 0 bridgehead atoms. The van der Waals surface area contributed by atoms with Crippen molar-refractivity contribution >= 4 is 11.6 Å². The molecule has 1 rings (SSSR count). The lowest BCUT2D eigenvalue weighted by atomic mass is 9.92. The van der Waals surface area contributed by atoms with Crippen LogP contribution < -0.4 is 5.32 Å². The maximum absolute atomic E-state index is 5.86. The number of rotatable bonds is 4. The second kappa shape index (κ2) is 5.70. The zero-order valence-electron chi connectivity index (χ0n) is 10.7. The van der Waals surface area contributed by atoms with Crippen molar-refractivity contribution in [1.29, 1.82) is 0 Å². The van der Waals surface area contributed by atoms with Gasteiger partial charge in [0.05, 0.1) is 0 Å². The Morgan fingerprint density at radius 3 is 2.25 bits per heavy atom. The minimum absolute atomic E-state index is 0.389. The van der Waals surface area contributed by atoms with Gasteiger partial charge in [-0.2, -0.15) is 0 Å². The fourth-order valence-corrected chi connectivity index (χ4v) is 1.66. The molecule has 0 saturated carbocycles. The van der Waals surface area contributed by atoms with Crippen molar-refractivity contribution in [2.24, 2.45) is 5.41 Å². The maximum Gasteiger partial charge on any atom is 0.0406 e. The number of benzene rings is 1. The zero-order valence-corrected chi connectivity index (χ0v) is 11.4. The minimum atomic E-state index is 0.389. The van der Waals surface area contributed by atoms with E-state index < -0.39 is 0 Å². The van der Waals surface area contributed by atoms with Crippen molar-refractivity contribution in [1.82, 2.24) is 5.32 Å². The van der Waals surface area contributed by atoms with Gasteiger partial charge in [-0.3, -0.25) is 0 Å². The molecule has 0 unspecified atom stereocenters. The molecule has 1 aromatic carbocycles. The molecule has 0 heterocycles. The van der Waals surface area contributed by atoms with E-state index in [1.165, 1.54) is 12.0 Å². The first-order valence-electron chi connectivity index (χ1n) is 5.87. The average Bonchev–Trinajstić information content (AvgIpc) is 2.16. The Hall–Kier alpha value is -0.530. The normalized spacial score (nSPS) is 13.8. The second-order valence-corrected chi connectivity index (χ2v) is 5.97. The lowest BCUT2D eigenvalue weighted by Crippen LogP contribution is -2.23. The molecule has 0 aromatic heterocycles. The molecule has 2 heteroatoms. The molecular weight excluding hydrogens is 218 g/mol. The summed E-state index contributed by atoms with van der Waals surface area (Å²) in [6, 6.07) is 8.44. The molecule has 0 radical (unpaired) electrons. The monoisotopic (exact) mass is 239 g/mol. The zero-order chi connectivity index (χ0) is 12.2. The predicted octanol–water partition coefficient (Wildman–Crippen LogP) is 4.43. The highest BCUT2D eigenvalue weighted by molar-refractivity contribution is 6.30. The Morgan fingerprint density at radius 2 is 1.75 bits per heavy atom. The lowest BCUT2D eigenvalue weighted by Gasteiger charge is -2.21. The maximum atomic E-state index is 5.86. The van der Waals surface area contributed by atoms with Gasteiger partial charge in [-0.1, -0.05) is 44.5 Å². The number of hydrogen-bond donors (Lipinski definition) is 1. The topological polar surface area (TPSA) is 12.0 Å². The first kappa shape index (κ1) is 13.5. The van der Waals surface area contributed by atoms with Crippen molar-refractivity contribution < 1.29 is 0 Å². The smallest absolute Gasteiger partial charge is 0.0406 e. The highest BCUT2D eigenvalue weighted by Gasteiger charge is 2.10. The lowest BCUT2D eigenvalue weighted by molar-refractivity contribution is 0.358. The van der Waals surface area contributed by atoms with Gasteiger partial charge in [0, 0.05) is 11.1 Å². The first-order valence-corrected chi connectivity index (χ1v) is 6.25. The molecule has 0 spiro atoms. The number of hydrogen-bond acceptors (Lipinski definition) is 1. The van der Waals surface area contributed by atoms with E-state index >= 15 is 0 Å². The van der Waals surface area contributed by atoms with Gasteiger partial charge < -0.3 is 5.32 Å². The van der Waals surface area contributed by atoms with Gasteiger partial charge in [-0.25, -0.2) is 0 Å². The number of nitrogens with one attached hydrogen (secondary N) is 1. The molecular formula is C14H22ClN. The Kier molecular flexibility index (Phi) is 4.82. The van der Waals surface area contributed by atoms with Crippen LogP contribution in [-0.2, 0) is 0 Å². The molecule has 0 saturated heterocycles. The van der Waals surface area contributed by atoms with E-state index in [0.29, 0.717) is 11.5 Å². The van der Waals surface area contributed by atoms with E-state index in [2.05, 4.69) is 45.1 Å². The summed E-state index contributed by atoms with van der Waals surface area (Å²) in [4.78, 5) is 0. The van der Waals surface area contributed by atoms with Crippen molar-refractivity contribution in [3.8, 4) is 0 Å². The van der Waals surface area contributed by atoms with Gasteiger partial charge in [0.1, 0.15) is 0 Å². The summed E-state index contributed by atoms with van der Waals surface area (Å²) in [5.41, 5.74) is 1.69. The van der Waals surface area contributed by atoms with Crippen LogP contribution in [0.3, 0.4) is 0 Å². The molecule has 90 valence electrons. The summed E-state index contributed by atoms with van der Waals surface area (Å²) in [5.74, 6) is 0. The molecule has 0 fully saturated rings. The minimum Gasteiger partial charge on any atom is -0.310 e. The molecule has 1 atom stereocenters. The summed E-state index contributed by atoms with van der Waals surface area (Å²) < 4.78 is 0. The largest absolute Gasteiger partial charge is 0.310 e. The fourth-order valence-electron chi connectivity index (χ4n) is 1.53. The molecule has 0 aliphatic rings. The third-order valence-corrected chi connectivity index (χ3v) is 2.95. The van der Waals surface area contributed by atoms with Crippen LogP contribution in [0, 0.1) is 5.41 Å². The van der Waals surface area contributed by atoms with E-state index in [-0.39, 0.29) is 0 Å². The van der Waals surface area contributed by atoms with Crippen LogP contribution >= 0.6 is 11.6 Å². The number of halogens is 1. The second-order valence-electron chi connectivity index (χ2n) is 5.54. The van der Waals surface area contributed by atoms with Crippen LogP contribution in [0.15, 0.2) is 24.3 Å². The summed E-state index contributed by atoms with van der Waals surface area (Å²) >= 11 is 5.86. The van der Waals surface area contributed by atoms with Crippen LogP contribution in [0.5, 0.6) is 0 Å². The van der Waals surface area contributed by atoms with Gasteiger partial charge in [0.25, 0.3) is 0 Å². The quantitative estimate of drug-likeness (QED) is 0.820. The first-order chi connectivity index (χ1) is 7.38. The molecule has 1 nitrogen and oxygen atoms in total. The molecule has 0 amide bonds. The van der Waals surface area contributed by atoms with Crippen LogP contribution in [-0.4, -0.2) is 6.54 Å². The molecule has 0 aliphatic carbocycles. The molecule has 16 heavy (non-hydrogen) atoms. The Labute approximate surface area is 104 Å². The van der Waals surface area contributed by atoms with Gasteiger partial charge in [0.15, 0.2) is 0 Å². The van der Waals surface area contributed by atoms with Gasteiger partial charge >= 0.3 is 0 Å². The highest BCUT2D eigenvalue weighted by Crippen LogP contribution is 2.19. The predicted molar refractivity (Wildman–Crippen MR) is 71.9 cm³/mol. The summed E-state index contributed by atoms with van der Waals surface area (Å²) in [6.07, 6.45) is 1.19. The SMILES string of the molecule is C[C@@H](NCCC(C)(C)C)c1ccc(Cl)cc1. The Bertz CT molecular complexity index is 311. The van der Waals surface area contributed by atoms with E-state index in [4.69, 9.17) is 11.6 Å². The molecule has 0 aliphatic heterocycles. The van der Waals surface area contributed by atoms with E-state index in [0.717, 1.165) is 11.6 Å². The van der Waals surface area contributed by atoms with Gasteiger partial charge in [-0.15, -0.1) is 0 Å². The van der Waals surface area contributed by atoms with Crippen LogP contribution in [0.4, 0.5) is 0 Å². The van der Waals surface area contributed by atoms with Gasteiger partial charge in [0.2, 0.25) is 0 Å². The van der Waals surface area contributed by atoms with Crippen molar-refractivity contribution in [2.75, 3.05) is 6.54 Å². The molecule has 1 N–H and O–H groups in total. The molecule has 1 aromatic rings. The Balaban J connectivity index is 2.41. The third-order valence-electron chi connectivity index (χ3n) is 2.70. The van der Waals surface area contributed by atoms with Crippen LogP contribution in [0.2, 0.25) is 5.02 Å². The summed E-state index contributed by atoms with van der Waals surface area (Å²) in [5, 5.41) is 4.33. The third kappa shape index (κ3) is 5.00. The van der Waals surface area contributed by atoms with Gasteiger partial charge in [-0.05, 0) is 43.0 Å². The van der Waals surface area contributed by atoms with Crippen LogP contribution in [0.1, 0.15) is 45.7 Å². The standard InChI is InChI=1S/C14H22ClN/c1-11(16-10-9-14(2,3)4)12-5-7-13(15)8-6-12/h5-8,11,16H,9-10H2,1-4H3/t11-/m1/s1. The summed E-state index contributed by atoms with van der Waals surface area (Å²) in [7, 11) is 0. The summed E-state index contributed by atoms with van der Waals surface area (Å²) in [6.45, 7) is 10.0. The van der Waals surface area contributed by atoms with Crippen LogP contribution in [0.25, 0.3) is 0 Å². The van der Waals surface area contributed by atoms with E-state index in [9.17, 15) is 0 Å². The van der Waals surface area contributed by atoms with Crippen molar-refractivity contribution in [3.05, 3.63) is 34.9 Å². The van der Waals surface area contributed by atoms with Crippen molar-refractivity contribution in [2.45, 2.75) is 40.2 Å². The average molecular weight is 240 g/mol. The van der Waals surface area contributed by atoms with E-state index in [1.807, 2.05) is 12.1 Å². The van der Waals surface area contributed by atoms with E-state index in [1.54, 1.807) is 0 Å². The Morgan fingerprint density at radius 1 is 1.19 bits per heavy atom. The fraction of sp³-hybridized carbons (Fsp3) is 0.571. The van der Waals surface area contributed by atoms with Crippen molar-refractivity contribution in [3.63, 3.8) is 0 Å². The highest BCUT2D eigenvalue weighted by atomic mass is 35.5.